The van der Waals surface area contributed by atoms with Crippen LogP contribution in [0.2, 0.25) is 0 Å². The van der Waals surface area contributed by atoms with E-state index in [0.29, 0.717) is 17.0 Å². The number of rotatable bonds is 4. The van der Waals surface area contributed by atoms with Crippen LogP contribution in [0.3, 0.4) is 0 Å². The van der Waals surface area contributed by atoms with Gasteiger partial charge in [-0.15, -0.1) is 16.9 Å². The van der Waals surface area contributed by atoms with Crippen LogP contribution in [0.1, 0.15) is 32.2 Å². The fourth-order valence-corrected chi connectivity index (χ4v) is 4.71. The van der Waals surface area contributed by atoms with Crippen molar-refractivity contribution in [1.82, 2.24) is 20.2 Å². The molecule has 24 heavy (non-hydrogen) atoms. The van der Waals surface area contributed by atoms with Gasteiger partial charge in [0.15, 0.2) is 0 Å². The maximum atomic E-state index is 12.8. The molecular weight excluding hydrogens is 342 g/mol. The Labute approximate surface area is 149 Å². The highest BCUT2D eigenvalue weighted by atomic mass is 32.2. The summed E-state index contributed by atoms with van der Waals surface area (Å²) >= 11 is 3.28. The maximum Gasteiger partial charge on any atom is 0.237 e. The van der Waals surface area contributed by atoms with Crippen LogP contribution < -0.4 is 4.90 Å². The molecule has 0 N–H and O–H groups in total. The van der Waals surface area contributed by atoms with Crippen molar-refractivity contribution in [2.45, 2.75) is 47.5 Å². The van der Waals surface area contributed by atoms with Gasteiger partial charge in [-0.1, -0.05) is 30.8 Å². The molecule has 1 saturated carbocycles. The summed E-state index contributed by atoms with van der Waals surface area (Å²) in [6.45, 7) is 2.98. The lowest BCUT2D eigenvalue weighted by Gasteiger charge is -2.22. The van der Waals surface area contributed by atoms with E-state index in [9.17, 15) is 4.79 Å². The average molecular weight is 361 g/mol. The van der Waals surface area contributed by atoms with Crippen molar-refractivity contribution in [3.63, 3.8) is 0 Å². The predicted molar refractivity (Wildman–Crippen MR) is 95.5 cm³/mol. The summed E-state index contributed by atoms with van der Waals surface area (Å²) in [6, 6.07) is 8.59. The molecule has 1 aromatic carbocycles. The Kier molecular flexibility index (Phi) is 4.49. The van der Waals surface area contributed by atoms with E-state index < -0.39 is 0 Å². The molecule has 1 atom stereocenters. The van der Waals surface area contributed by atoms with Crippen LogP contribution in [0, 0.1) is 0 Å². The molecule has 0 spiro atoms. The number of thioether (sulfide) groups is 2. The Morgan fingerprint density at radius 1 is 1.33 bits per heavy atom. The van der Waals surface area contributed by atoms with Crippen molar-refractivity contribution >= 4 is 35.1 Å². The number of para-hydroxylation sites is 1. The van der Waals surface area contributed by atoms with Crippen LogP contribution in [0.25, 0.3) is 0 Å². The molecule has 0 bridgehead atoms. The molecule has 0 radical (unpaired) electrons. The van der Waals surface area contributed by atoms with Gasteiger partial charge in [0.25, 0.3) is 0 Å². The lowest BCUT2D eigenvalue weighted by molar-refractivity contribution is -0.116. The van der Waals surface area contributed by atoms with Gasteiger partial charge in [0, 0.05) is 16.7 Å². The normalized spacial score (nSPS) is 20.5. The lowest BCUT2D eigenvalue weighted by Crippen LogP contribution is -2.33. The van der Waals surface area contributed by atoms with E-state index in [1.54, 1.807) is 0 Å². The van der Waals surface area contributed by atoms with Gasteiger partial charge in [0.2, 0.25) is 11.1 Å². The Morgan fingerprint density at radius 2 is 2.17 bits per heavy atom. The third kappa shape index (κ3) is 3.30. The lowest BCUT2D eigenvalue weighted by atomic mass is 10.2. The molecule has 4 rings (SSSR count). The van der Waals surface area contributed by atoms with E-state index in [0.717, 1.165) is 36.7 Å². The zero-order valence-corrected chi connectivity index (χ0v) is 15.1. The van der Waals surface area contributed by atoms with Crippen LogP contribution in [-0.4, -0.2) is 43.7 Å². The zero-order chi connectivity index (χ0) is 16.5. The molecule has 2 heterocycles. The van der Waals surface area contributed by atoms with Gasteiger partial charge in [0.1, 0.15) is 0 Å². The summed E-state index contributed by atoms with van der Waals surface area (Å²) < 4.78 is 1.85. The van der Waals surface area contributed by atoms with Gasteiger partial charge < -0.3 is 4.90 Å². The molecule has 1 aliphatic heterocycles. The number of anilines is 1. The molecule has 2 aliphatic rings. The van der Waals surface area contributed by atoms with Crippen LogP contribution in [0.15, 0.2) is 34.3 Å². The first-order valence-electron chi connectivity index (χ1n) is 8.19. The number of hydrogen-bond acceptors (Lipinski definition) is 6. The molecule has 0 unspecified atom stereocenters. The second kappa shape index (κ2) is 6.76. The quantitative estimate of drug-likeness (QED) is 0.780. The maximum absolute atomic E-state index is 12.8. The molecule has 126 valence electrons. The molecule has 1 fully saturated rings. The SMILES string of the molecule is C[C@H]1CCN(C(=O)CSc2nnnn2C2CC2)c2ccccc2S1. The highest BCUT2D eigenvalue weighted by molar-refractivity contribution is 8.00. The molecule has 0 saturated heterocycles. The number of aromatic nitrogens is 4. The van der Waals surface area contributed by atoms with Crippen molar-refractivity contribution in [3.8, 4) is 0 Å². The Bertz CT molecular complexity index is 746. The number of carbonyl (C=O) groups is 1. The van der Waals surface area contributed by atoms with Crippen LogP contribution in [0.5, 0.6) is 0 Å². The van der Waals surface area contributed by atoms with E-state index in [-0.39, 0.29) is 5.91 Å². The largest absolute Gasteiger partial charge is 0.311 e. The fraction of sp³-hybridized carbons (Fsp3) is 0.500. The van der Waals surface area contributed by atoms with E-state index >= 15 is 0 Å². The molecular formula is C16H19N5OS2. The van der Waals surface area contributed by atoms with Crippen molar-refractivity contribution in [3.05, 3.63) is 24.3 Å². The third-order valence-corrected chi connectivity index (χ3v) is 6.38. The zero-order valence-electron chi connectivity index (χ0n) is 13.5. The van der Waals surface area contributed by atoms with Gasteiger partial charge in [-0.05, 0) is 41.8 Å². The molecule has 8 heteroatoms. The van der Waals surface area contributed by atoms with Gasteiger partial charge in [-0.3, -0.25) is 4.79 Å². The first kappa shape index (κ1) is 16.0. The number of tetrazole rings is 1. The second-order valence-corrected chi connectivity index (χ2v) is 8.58. The highest BCUT2D eigenvalue weighted by Crippen LogP contribution is 2.38. The summed E-state index contributed by atoms with van der Waals surface area (Å²) in [6.07, 6.45) is 3.25. The second-order valence-electron chi connectivity index (χ2n) is 6.16. The minimum Gasteiger partial charge on any atom is -0.311 e. The number of carbonyl (C=O) groups excluding carboxylic acids is 1. The van der Waals surface area contributed by atoms with Gasteiger partial charge >= 0.3 is 0 Å². The Hall–Kier alpha value is -1.54. The fourth-order valence-electron chi connectivity index (χ4n) is 2.78. The van der Waals surface area contributed by atoms with E-state index in [1.165, 1.54) is 16.7 Å². The van der Waals surface area contributed by atoms with Crippen molar-refractivity contribution in [2.75, 3.05) is 17.2 Å². The van der Waals surface area contributed by atoms with E-state index in [4.69, 9.17) is 0 Å². The van der Waals surface area contributed by atoms with Crippen molar-refractivity contribution in [1.29, 1.82) is 0 Å². The third-order valence-electron chi connectivity index (χ3n) is 4.22. The highest BCUT2D eigenvalue weighted by Gasteiger charge is 2.29. The molecule has 1 amide bonds. The standard InChI is InChI=1S/C16H19N5OS2/c1-11-8-9-20(13-4-2-3-5-14(13)24-11)15(22)10-23-16-17-18-19-21(16)12-6-7-12/h2-5,11-12H,6-10H2,1H3/t11-/m0/s1. The van der Waals surface area contributed by atoms with Crippen LogP contribution in [-0.2, 0) is 4.79 Å². The first-order valence-corrected chi connectivity index (χ1v) is 10.1. The summed E-state index contributed by atoms with van der Waals surface area (Å²) in [5, 5.41) is 13.1. The van der Waals surface area contributed by atoms with Crippen molar-refractivity contribution < 1.29 is 4.79 Å². The summed E-state index contributed by atoms with van der Waals surface area (Å²) in [4.78, 5) is 15.9. The molecule has 1 aliphatic carbocycles. The van der Waals surface area contributed by atoms with E-state index in [1.807, 2.05) is 39.5 Å². The Morgan fingerprint density at radius 3 is 3.00 bits per heavy atom. The van der Waals surface area contributed by atoms with Gasteiger partial charge in [-0.25, -0.2) is 4.68 Å². The number of hydrogen-bond donors (Lipinski definition) is 0. The van der Waals surface area contributed by atoms with Gasteiger partial charge in [-0.2, -0.15) is 0 Å². The predicted octanol–water partition coefficient (Wildman–Crippen LogP) is 3.02. The minimum absolute atomic E-state index is 0.118. The monoisotopic (exact) mass is 361 g/mol. The number of nitrogens with zero attached hydrogens (tertiary/aromatic N) is 5. The van der Waals surface area contributed by atoms with Crippen LogP contribution in [0.4, 0.5) is 5.69 Å². The minimum atomic E-state index is 0.118. The first-order chi connectivity index (χ1) is 11.7. The smallest absolute Gasteiger partial charge is 0.237 e. The summed E-state index contributed by atoms with van der Waals surface area (Å²) in [5.74, 6) is 0.480. The summed E-state index contributed by atoms with van der Waals surface area (Å²) in [7, 11) is 0. The molecule has 2 aromatic rings. The average Bonchev–Trinajstić information content (AvgIpc) is 3.35. The number of benzene rings is 1. The van der Waals surface area contributed by atoms with E-state index in [2.05, 4.69) is 28.5 Å². The van der Waals surface area contributed by atoms with Crippen molar-refractivity contribution in [2.24, 2.45) is 0 Å². The Balaban J connectivity index is 1.48. The molecule has 1 aromatic heterocycles. The van der Waals surface area contributed by atoms with Crippen LogP contribution >= 0.6 is 23.5 Å². The number of fused-ring (bicyclic) bond motifs is 1. The number of amides is 1. The summed E-state index contributed by atoms with van der Waals surface area (Å²) in [5.41, 5.74) is 1.03. The van der Waals surface area contributed by atoms with Gasteiger partial charge in [0.05, 0.1) is 17.5 Å². The topological polar surface area (TPSA) is 63.9 Å². The molecule has 6 nitrogen and oxygen atoms in total.